The summed E-state index contributed by atoms with van der Waals surface area (Å²) in [6.45, 7) is 6.77. The van der Waals surface area contributed by atoms with Crippen molar-refractivity contribution in [2.75, 3.05) is 37.8 Å². The zero-order valence-electron chi connectivity index (χ0n) is 21.4. The predicted molar refractivity (Wildman–Crippen MR) is 135 cm³/mol. The van der Waals surface area contributed by atoms with Crippen LogP contribution >= 0.6 is 0 Å². The van der Waals surface area contributed by atoms with Gasteiger partial charge in [0.2, 0.25) is 23.4 Å². The zero-order valence-corrected chi connectivity index (χ0v) is 22.2. The first-order chi connectivity index (χ1) is 17.6. The van der Waals surface area contributed by atoms with Crippen LogP contribution in [0.4, 0.5) is 0 Å². The lowest BCUT2D eigenvalue weighted by molar-refractivity contribution is -0.139. The molecular formula is C25H34N4O7S. The van der Waals surface area contributed by atoms with Gasteiger partial charge in [-0.25, -0.2) is 8.42 Å². The van der Waals surface area contributed by atoms with Gasteiger partial charge < -0.3 is 19.5 Å². The minimum absolute atomic E-state index is 0.107. The molecule has 2 atom stereocenters. The lowest BCUT2D eigenvalue weighted by atomic mass is 10.0. The fraction of sp³-hybridized carbons (Fsp3) is 0.560. The van der Waals surface area contributed by atoms with Gasteiger partial charge in [0.15, 0.2) is 9.84 Å². The third-order valence-corrected chi connectivity index (χ3v) is 7.99. The molecule has 0 bridgehead atoms. The Kier molecular flexibility index (Phi) is 9.93. The molecule has 0 spiro atoms. The van der Waals surface area contributed by atoms with Crippen LogP contribution in [0.25, 0.3) is 11.5 Å². The van der Waals surface area contributed by atoms with Crippen LogP contribution < -0.4 is 5.32 Å². The van der Waals surface area contributed by atoms with Crippen LogP contribution in [0.5, 0.6) is 0 Å². The molecule has 3 rings (SSSR count). The van der Waals surface area contributed by atoms with Crippen molar-refractivity contribution in [3.8, 4) is 11.5 Å². The van der Waals surface area contributed by atoms with Gasteiger partial charge in [-0.2, -0.15) is 4.98 Å². The molecule has 2 unspecified atom stereocenters. The molecule has 1 aliphatic rings. The van der Waals surface area contributed by atoms with Gasteiger partial charge >= 0.3 is 0 Å². The van der Waals surface area contributed by atoms with Gasteiger partial charge in [-0.1, -0.05) is 44.1 Å². The van der Waals surface area contributed by atoms with E-state index in [0.717, 1.165) is 0 Å². The van der Waals surface area contributed by atoms with Crippen LogP contribution in [-0.4, -0.2) is 84.9 Å². The number of ether oxygens (including phenoxy) is 1. The number of nitrogens with zero attached hydrogens (tertiary/aromatic N) is 3. The average molecular weight is 535 g/mol. The second-order valence-electron chi connectivity index (χ2n) is 9.49. The summed E-state index contributed by atoms with van der Waals surface area (Å²) in [7, 11) is -3.62. The maximum Gasteiger partial charge on any atom is 0.258 e. The van der Waals surface area contributed by atoms with Crippen molar-refractivity contribution in [3.63, 3.8) is 0 Å². The number of carbonyl (C=O) groups is 3. The molecule has 202 valence electrons. The molecule has 37 heavy (non-hydrogen) atoms. The number of rotatable bonds is 12. The van der Waals surface area contributed by atoms with Crippen molar-refractivity contribution in [2.45, 2.75) is 39.7 Å². The minimum atomic E-state index is -3.62. The number of amides is 2. The number of ketones is 1. The summed E-state index contributed by atoms with van der Waals surface area (Å²) in [5.41, 5.74) is 0.642. The number of sulfone groups is 1. The highest BCUT2D eigenvalue weighted by Crippen LogP contribution is 2.18. The Balaban J connectivity index is 1.75. The molecule has 12 heteroatoms. The Labute approximate surface area is 216 Å². The van der Waals surface area contributed by atoms with E-state index in [1.807, 2.05) is 6.07 Å². The van der Waals surface area contributed by atoms with Crippen LogP contribution in [-0.2, 0) is 24.2 Å². The van der Waals surface area contributed by atoms with Crippen LogP contribution in [0.15, 0.2) is 34.9 Å². The summed E-state index contributed by atoms with van der Waals surface area (Å²) in [5, 5.41) is 6.39. The molecule has 1 aromatic heterocycles. The highest BCUT2D eigenvalue weighted by atomic mass is 32.2. The molecule has 1 aromatic carbocycles. The van der Waals surface area contributed by atoms with Crippen LogP contribution in [0, 0.1) is 11.8 Å². The van der Waals surface area contributed by atoms with Gasteiger partial charge in [-0.15, -0.1) is 0 Å². The normalized spacial score (nSPS) is 15.8. The van der Waals surface area contributed by atoms with E-state index in [-0.39, 0.29) is 42.1 Å². The van der Waals surface area contributed by atoms with Gasteiger partial charge in [0, 0.05) is 25.1 Å². The Morgan fingerprint density at radius 1 is 1.08 bits per heavy atom. The largest absolute Gasteiger partial charge is 0.378 e. The monoisotopic (exact) mass is 534 g/mol. The molecule has 2 amide bonds. The average Bonchev–Trinajstić information content (AvgIpc) is 3.37. The zero-order chi connectivity index (χ0) is 27.0. The molecule has 1 saturated heterocycles. The van der Waals surface area contributed by atoms with E-state index in [9.17, 15) is 22.8 Å². The van der Waals surface area contributed by atoms with E-state index < -0.39 is 39.2 Å². The maximum absolute atomic E-state index is 13.3. The van der Waals surface area contributed by atoms with E-state index in [1.54, 1.807) is 49.9 Å². The third-order valence-electron chi connectivity index (χ3n) is 5.91. The van der Waals surface area contributed by atoms with Crippen molar-refractivity contribution in [1.82, 2.24) is 20.4 Å². The molecule has 0 saturated carbocycles. The van der Waals surface area contributed by atoms with E-state index in [0.29, 0.717) is 31.9 Å². The number of Topliss-reactive ketones (excluding diaryl/α,β-unsaturated/α-hetero) is 1. The summed E-state index contributed by atoms with van der Waals surface area (Å²) in [4.78, 5) is 44.9. The summed E-state index contributed by atoms with van der Waals surface area (Å²) >= 11 is 0. The molecule has 2 aromatic rings. The second-order valence-corrected chi connectivity index (χ2v) is 11.6. The Morgan fingerprint density at radius 2 is 1.76 bits per heavy atom. The lowest BCUT2D eigenvalue weighted by Gasteiger charge is -2.28. The molecule has 1 aliphatic heterocycles. The Hall–Kier alpha value is -3.12. The third kappa shape index (κ3) is 8.19. The summed E-state index contributed by atoms with van der Waals surface area (Å²) in [6.07, 6.45) is -0.0726. The number of carbonyl (C=O) groups excluding carboxylic acids is 3. The van der Waals surface area contributed by atoms with Crippen LogP contribution in [0.3, 0.4) is 0 Å². The van der Waals surface area contributed by atoms with Gasteiger partial charge in [-0.05, 0) is 24.5 Å². The first-order valence-electron chi connectivity index (χ1n) is 12.4. The molecular weight excluding hydrogens is 500 g/mol. The first kappa shape index (κ1) is 28.5. The number of nitrogens with one attached hydrogen (secondary N) is 1. The van der Waals surface area contributed by atoms with Crippen LogP contribution in [0.2, 0.25) is 0 Å². The standard InChI is InChI=1S/C25H34N4O7S/c1-4-20(22(31)23-27-25(36-28-23)18-8-6-5-7-9-18)26-24(32)19(16-37(33,34)15-17(2)3)14-21(30)29-10-12-35-13-11-29/h5-9,17,19-20H,4,10-16H2,1-3H3,(H,26,32). The van der Waals surface area contributed by atoms with Crippen LogP contribution in [0.1, 0.15) is 44.2 Å². The molecule has 0 aliphatic carbocycles. The van der Waals surface area contributed by atoms with E-state index in [1.165, 1.54) is 0 Å². The highest BCUT2D eigenvalue weighted by molar-refractivity contribution is 7.91. The summed E-state index contributed by atoms with van der Waals surface area (Å²) < 4.78 is 35.9. The molecule has 2 heterocycles. The summed E-state index contributed by atoms with van der Waals surface area (Å²) in [5.74, 6) is -3.48. The topological polar surface area (TPSA) is 149 Å². The number of benzene rings is 1. The number of hydrogen-bond acceptors (Lipinski definition) is 9. The second kappa shape index (κ2) is 12.9. The van der Waals surface area contributed by atoms with Gasteiger partial charge in [0.25, 0.3) is 5.89 Å². The van der Waals surface area contributed by atoms with Gasteiger partial charge in [0.05, 0.1) is 36.7 Å². The number of hydrogen-bond donors (Lipinski definition) is 1. The van der Waals surface area contributed by atoms with Gasteiger partial charge in [0.1, 0.15) is 0 Å². The quantitative estimate of drug-likeness (QED) is 0.402. The SMILES string of the molecule is CCC(NC(=O)C(CC(=O)N1CCOCC1)CS(=O)(=O)CC(C)C)C(=O)c1noc(-c2ccccc2)n1. The predicted octanol–water partition coefficient (Wildman–Crippen LogP) is 1.75. The Bertz CT molecular complexity index is 1170. The molecule has 1 N–H and O–H groups in total. The van der Waals surface area contributed by atoms with Crippen molar-refractivity contribution in [2.24, 2.45) is 11.8 Å². The van der Waals surface area contributed by atoms with Crippen molar-refractivity contribution < 1.29 is 32.1 Å². The van der Waals surface area contributed by atoms with Crippen molar-refractivity contribution in [1.29, 1.82) is 0 Å². The number of morpholine rings is 1. The van der Waals surface area contributed by atoms with E-state index >= 15 is 0 Å². The molecule has 11 nitrogen and oxygen atoms in total. The molecule has 0 radical (unpaired) electrons. The minimum Gasteiger partial charge on any atom is -0.378 e. The fourth-order valence-corrected chi connectivity index (χ4v) is 6.12. The van der Waals surface area contributed by atoms with Crippen molar-refractivity contribution >= 4 is 27.4 Å². The van der Waals surface area contributed by atoms with Gasteiger partial charge in [-0.3, -0.25) is 14.4 Å². The lowest BCUT2D eigenvalue weighted by Crippen LogP contribution is -2.47. The first-order valence-corrected chi connectivity index (χ1v) is 14.2. The van der Waals surface area contributed by atoms with E-state index in [2.05, 4.69) is 15.5 Å². The summed E-state index contributed by atoms with van der Waals surface area (Å²) in [6, 6.07) is 7.92. The highest BCUT2D eigenvalue weighted by Gasteiger charge is 2.33. The number of aromatic nitrogens is 2. The fourth-order valence-electron chi connectivity index (χ4n) is 4.08. The molecule has 1 fully saturated rings. The van der Waals surface area contributed by atoms with Crippen molar-refractivity contribution in [3.05, 3.63) is 36.2 Å². The van der Waals surface area contributed by atoms with E-state index in [4.69, 9.17) is 9.26 Å². The Morgan fingerprint density at radius 3 is 2.38 bits per heavy atom. The maximum atomic E-state index is 13.3. The smallest absolute Gasteiger partial charge is 0.258 e.